The maximum Gasteiger partial charge on any atom is 0.336 e. The highest BCUT2D eigenvalue weighted by atomic mass is 16.5. The number of hydrogen-bond acceptors (Lipinski definition) is 5. The molecule has 2 rings (SSSR count). The van der Waals surface area contributed by atoms with Gasteiger partial charge in [0, 0.05) is 18.7 Å². The summed E-state index contributed by atoms with van der Waals surface area (Å²) in [5.41, 5.74) is 1.85. The van der Waals surface area contributed by atoms with Gasteiger partial charge in [0.15, 0.2) is 0 Å². The molecule has 2 aromatic carbocycles. The van der Waals surface area contributed by atoms with Crippen molar-refractivity contribution < 1.29 is 23.7 Å². The third-order valence-electron chi connectivity index (χ3n) is 3.57. The summed E-state index contributed by atoms with van der Waals surface area (Å²) in [6.07, 6.45) is 3.81. The minimum atomic E-state index is -0.463. The fraction of sp³-hybridized carbons (Fsp3) is 0.250. The normalized spacial score (nSPS) is 10.7. The molecular weight excluding hydrogens is 320 g/mol. The van der Waals surface area contributed by atoms with Gasteiger partial charge in [-0.25, -0.2) is 4.79 Å². The lowest BCUT2D eigenvalue weighted by atomic mass is 10.1. The van der Waals surface area contributed by atoms with Crippen molar-refractivity contribution in [1.29, 1.82) is 0 Å². The highest BCUT2D eigenvalue weighted by molar-refractivity contribution is 5.89. The second kappa shape index (κ2) is 9.49. The van der Waals surface area contributed by atoms with Gasteiger partial charge in [0.25, 0.3) is 0 Å². The smallest absolute Gasteiger partial charge is 0.336 e. The SMILES string of the molecule is COCCc1ccc(OC(=O)/C=C/c2cc(OC)ccc2OC)cc1. The van der Waals surface area contributed by atoms with Gasteiger partial charge in [0.1, 0.15) is 17.2 Å². The first-order chi connectivity index (χ1) is 12.2. The first-order valence-electron chi connectivity index (χ1n) is 7.86. The molecule has 0 atom stereocenters. The van der Waals surface area contributed by atoms with E-state index in [1.807, 2.05) is 12.1 Å². The van der Waals surface area contributed by atoms with Crippen LogP contribution in [0.15, 0.2) is 48.5 Å². The molecule has 5 nitrogen and oxygen atoms in total. The van der Waals surface area contributed by atoms with Crippen molar-refractivity contribution in [1.82, 2.24) is 0 Å². The molecule has 0 spiro atoms. The molecule has 0 aromatic heterocycles. The van der Waals surface area contributed by atoms with Crippen molar-refractivity contribution in [2.75, 3.05) is 27.9 Å². The summed E-state index contributed by atoms with van der Waals surface area (Å²) in [5, 5.41) is 0. The molecule has 0 aliphatic heterocycles. The van der Waals surface area contributed by atoms with Crippen molar-refractivity contribution >= 4 is 12.0 Å². The van der Waals surface area contributed by atoms with Crippen LogP contribution in [0, 0.1) is 0 Å². The third kappa shape index (κ3) is 5.65. The number of hydrogen-bond donors (Lipinski definition) is 0. The van der Waals surface area contributed by atoms with E-state index in [4.69, 9.17) is 18.9 Å². The van der Waals surface area contributed by atoms with E-state index in [1.54, 1.807) is 57.7 Å². The van der Waals surface area contributed by atoms with Gasteiger partial charge in [0.05, 0.1) is 20.8 Å². The van der Waals surface area contributed by atoms with Crippen molar-refractivity contribution in [3.05, 3.63) is 59.7 Å². The van der Waals surface area contributed by atoms with E-state index in [9.17, 15) is 4.79 Å². The summed E-state index contributed by atoms with van der Waals surface area (Å²) in [7, 11) is 4.82. The Morgan fingerprint density at radius 2 is 1.68 bits per heavy atom. The first kappa shape index (κ1) is 18.5. The van der Waals surface area contributed by atoms with E-state index < -0.39 is 5.97 Å². The topological polar surface area (TPSA) is 54.0 Å². The van der Waals surface area contributed by atoms with Crippen molar-refractivity contribution in [3.8, 4) is 17.2 Å². The zero-order chi connectivity index (χ0) is 18.1. The van der Waals surface area contributed by atoms with E-state index >= 15 is 0 Å². The van der Waals surface area contributed by atoms with Crippen LogP contribution in [0.25, 0.3) is 6.08 Å². The summed E-state index contributed by atoms with van der Waals surface area (Å²) in [4.78, 5) is 12.0. The standard InChI is InChI=1S/C20H22O5/c1-22-13-12-15-4-7-17(8-5-15)25-20(21)11-6-16-14-18(23-2)9-10-19(16)24-3/h4-11,14H,12-13H2,1-3H3/b11-6+. The Morgan fingerprint density at radius 1 is 0.960 bits per heavy atom. The molecule has 25 heavy (non-hydrogen) atoms. The molecule has 2 aromatic rings. The lowest BCUT2D eigenvalue weighted by Crippen LogP contribution is -2.04. The Balaban J connectivity index is 2.01. The maximum atomic E-state index is 12.0. The van der Waals surface area contributed by atoms with Gasteiger partial charge in [-0.3, -0.25) is 0 Å². The van der Waals surface area contributed by atoms with Crippen LogP contribution in [0.4, 0.5) is 0 Å². The molecule has 0 aliphatic rings. The van der Waals surface area contributed by atoms with Crippen LogP contribution >= 0.6 is 0 Å². The molecule has 0 unspecified atom stereocenters. The zero-order valence-corrected chi connectivity index (χ0v) is 14.7. The molecule has 0 heterocycles. The minimum absolute atomic E-state index is 0.463. The molecular formula is C20H22O5. The molecule has 0 amide bonds. The number of ether oxygens (including phenoxy) is 4. The molecule has 0 saturated heterocycles. The van der Waals surface area contributed by atoms with Gasteiger partial charge in [-0.05, 0) is 48.4 Å². The molecule has 0 fully saturated rings. The molecule has 0 bridgehead atoms. The summed E-state index contributed by atoms with van der Waals surface area (Å²) in [6.45, 7) is 0.657. The number of carbonyl (C=O) groups excluding carboxylic acids is 1. The van der Waals surface area contributed by atoms with Crippen LogP contribution in [0.3, 0.4) is 0 Å². The molecule has 0 N–H and O–H groups in total. The number of rotatable bonds is 8. The Kier molecular flexibility index (Phi) is 7.04. The highest BCUT2D eigenvalue weighted by Crippen LogP contribution is 2.25. The van der Waals surface area contributed by atoms with E-state index in [0.717, 1.165) is 17.5 Å². The van der Waals surface area contributed by atoms with Gasteiger partial charge >= 0.3 is 5.97 Å². The quantitative estimate of drug-likeness (QED) is 0.417. The fourth-order valence-electron chi connectivity index (χ4n) is 2.22. The summed E-state index contributed by atoms with van der Waals surface area (Å²) >= 11 is 0. The van der Waals surface area contributed by atoms with Crippen molar-refractivity contribution in [3.63, 3.8) is 0 Å². The van der Waals surface area contributed by atoms with Crippen LogP contribution in [0.2, 0.25) is 0 Å². The predicted octanol–water partition coefficient (Wildman–Crippen LogP) is 3.51. The Hall–Kier alpha value is -2.79. The van der Waals surface area contributed by atoms with Crippen LogP contribution in [0.1, 0.15) is 11.1 Å². The van der Waals surface area contributed by atoms with Crippen LogP contribution in [-0.4, -0.2) is 33.9 Å². The Bertz CT molecular complexity index is 719. The van der Waals surface area contributed by atoms with Crippen LogP contribution in [-0.2, 0) is 16.0 Å². The zero-order valence-electron chi connectivity index (χ0n) is 14.7. The second-order valence-electron chi connectivity index (χ2n) is 5.25. The fourth-order valence-corrected chi connectivity index (χ4v) is 2.22. The number of methoxy groups -OCH3 is 3. The van der Waals surface area contributed by atoms with Crippen molar-refractivity contribution in [2.45, 2.75) is 6.42 Å². The Morgan fingerprint density at radius 3 is 2.32 bits per heavy atom. The van der Waals surface area contributed by atoms with E-state index in [1.165, 1.54) is 6.08 Å². The predicted molar refractivity (Wildman–Crippen MR) is 96.2 cm³/mol. The molecule has 0 aliphatic carbocycles. The summed E-state index contributed by atoms with van der Waals surface area (Å²) in [5.74, 6) is 1.36. The second-order valence-corrected chi connectivity index (χ2v) is 5.25. The van der Waals surface area contributed by atoms with Crippen LogP contribution < -0.4 is 14.2 Å². The Labute approximate surface area is 147 Å². The largest absolute Gasteiger partial charge is 0.497 e. The molecule has 0 saturated carbocycles. The van der Waals surface area contributed by atoms with Gasteiger partial charge in [-0.15, -0.1) is 0 Å². The van der Waals surface area contributed by atoms with Gasteiger partial charge in [0.2, 0.25) is 0 Å². The summed E-state index contributed by atoms with van der Waals surface area (Å²) in [6, 6.07) is 12.7. The number of esters is 1. The summed E-state index contributed by atoms with van der Waals surface area (Å²) < 4.78 is 20.8. The van der Waals surface area contributed by atoms with E-state index in [2.05, 4.69) is 0 Å². The van der Waals surface area contributed by atoms with Crippen LogP contribution in [0.5, 0.6) is 17.2 Å². The van der Waals surface area contributed by atoms with Gasteiger partial charge < -0.3 is 18.9 Å². The molecule has 0 radical (unpaired) electrons. The van der Waals surface area contributed by atoms with Gasteiger partial charge in [-0.1, -0.05) is 12.1 Å². The highest BCUT2D eigenvalue weighted by Gasteiger charge is 2.05. The lowest BCUT2D eigenvalue weighted by molar-refractivity contribution is -0.128. The van der Waals surface area contributed by atoms with E-state index in [0.29, 0.717) is 23.9 Å². The first-order valence-corrected chi connectivity index (χ1v) is 7.86. The number of benzene rings is 2. The monoisotopic (exact) mass is 342 g/mol. The lowest BCUT2D eigenvalue weighted by Gasteiger charge is -2.07. The number of carbonyl (C=O) groups is 1. The average Bonchev–Trinajstić information content (AvgIpc) is 2.65. The average molecular weight is 342 g/mol. The van der Waals surface area contributed by atoms with E-state index in [-0.39, 0.29) is 0 Å². The van der Waals surface area contributed by atoms with Gasteiger partial charge in [-0.2, -0.15) is 0 Å². The minimum Gasteiger partial charge on any atom is -0.497 e. The molecule has 5 heteroatoms. The maximum absolute atomic E-state index is 12.0. The van der Waals surface area contributed by atoms with Crippen molar-refractivity contribution in [2.24, 2.45) is 0 Å². The molecule has 132 valence electrons. The third-order valence-corrected chi connectivity index (χ3v) is 3.57.